The highest BCUT2D eigenvalue weighted by Crippen LogP contribution is 2.24. The molecule has 0 aromatic heterocycles. The molecule has 0 aromatic rings. The predicted molar refractivity (Wildman–Crippen MR) is 102 cm³/mol. The van der Waals surface area contributed by atoms with E-state index in [2.05, 4.69) is 53.8 Å². The second-order valence-electron chi connectivity index (χ2n) is 9.34. The van der Waals surface area contributed by atoms with Gasteiger partial charge in [-0.3, -0.25) is 9.59 Å². The zero-order valence-electron chi connectivity index (χ0n) is 17.6. The first-order valence-corrected chi connectivity index (χ1v) is 9.18. The van der Waals surface area contributed by atoms with Crippen molar-refractivity contribution in [2.45, 2.75) is 94.5 Å². The van der Waals surface area contributed by atoms with Gasteiger partial charge in [-0.15, -0.1) is 0 Å². The molecule has 0 saturated carbocycles. The molecule has 3 unspecified atom stereocenters. The Morgan fingerprint density at radius 2 is 1.38 bits per heavy atom. The molecular formula is C20H41NO3. The first kappa shape index (κ1) is 25.2. The fourth-order valence-corrected chi connectivity index (χ4v) is 1.99. The van der Waals surface area contributed by atoms with E-state index >= 15 is 0 Å². The fourth-order valence-electron chi connectivity index (χ4n) is 1.99. The van der Waals surface area contributed by atoms with Crippen molar-refractivity contribution in [3.05, 3.63) is 0 Å². The summed E-state index contributed by atoms with van der Waals surface area (Å²) in [4.78, 5) is 23.6. The highest BCUT2D eigenvalue weighted by atomic mass is 16.4. The number of amides is 1. The average Bonchev–Trinajstić information content (AvgIpc) is 2.34. The Hall–Kier alpha value is -1.06. The van der Waals surface area contributed by atoms with Crippen LogP contribution in [0.1, 0.15) is 88.5 Å². The minimum atomic E-state index is -0.875. The van der Waals surface area contributed by atoms with Crippen LogP contribution in [0.15, 0.2) is 0 Å². The monoisotopic (exact) mass is 343 g/mol. The lowest BCUT2D eigenvalue weighted by atomic mass is 9.83. The van der Waals surface area contributed by atoms with Crippen molar-refractivity contribution in [2.24, 2.45) is 22.7 Å². The van der Waals surface area contributed by atoms with Gasteiger partial charge in [-0.05, 0) is 30.6 Å². The van der Waals surface area contributed by atoms with E-state index < -0.39 is 17.8 Å². The van der Waals surface area contributed by atoms with Crippen LogP contribution in [0.25, 0.3) is 0 Å². The van der Waals surface area contributed by atoms with Crippen LogP contribution < -0.4 is 5.32 Å². The maximum atomic E-state index is 12.3. The molecule has 0 aliphatic carbocycles. The van der Waals surface area contributed by atoms with E-state index in [1.807, 2.05) is 20.8 Å². The maximum Gasteiger partial charge on any atom is 0.307 e. The largest absolute Gasteiger partial charge is 0.481 e. The molecule has 144 valence electrons. The molecule has 0 fully saturated rings. The highest BCUT2D eigenvalue weighted by Gasteiger charge is 2.33. The lowest BCUT2D eigenvalue weighted by Gasteiger charge is -2.31. The summed E-state index contributed by atoms with van der Waals surface area (Å²) in [7, 11) is 0. The van der Waals surface area contributed by atoms with Gasteiger partial charge < -0.3 is 10.4 Å². The van der Waals surface area contributed by atoms with E-state index in [4.69, 9.17) is 0 Å². The Bertz CT molecular complexity index is 371. The Kier molecular flexibility index (Phi) is 11.3. The summed E-state index contributed by atoms with van der Waals surface area (Å²) < 4.78 is 0. The third kappa shape index (κ3) is 12.4. The SMILES string of the molecule is CC(C)(C)C.CCCC(C(=O)NC(C)C(C)(C)C)C(CC)C(=O)O. The third-order valence-electron chi connectivity index (χ3n) is 3.84. The van der Waals surface area contributed by atoms with Gasteiger partial charge in [0.25, 0.3) is 0 Å². The number of carboxylic acids is 1. The molecule has 0 aromatic carbocycles. The summed E-state index contributed by atoms with van der Waals surface area (Å²) in [5.41, 5.74) is 0.470. The van der Waals surface area contributed by atoms with Crippen molar-refractivity contribution in [1.82, 2.24) is 5.32 Å². The molecule has 3 atom stereocenters. The van der Waals surface area contributed by atoms with Crippen molar-refractivity contribution < 1.29 is 14.7 Å². The van der Waals surface area contributed by atoms with Gasteiger partial charge >= 0.3 is 5.97 Å². The van der Waals surface area contributed by atoms with E-state index in [9.17, 15) is 14.7 Å². The van der Waals surface area contributed by atoms with Crippen molar-refractivity contribution >= 4 is 11.9 Å². The van der Waals surface area contributed by atoms with Gasteiger partial charge in [0.2, 0.25) is 5.91 Å². The molecular weight excluding hydrogens is 302 g/mol. The zero-order chi connectivity index (χ0) is 19.7. The van der Waals surface area contributed by atoms with Crippen LogP contribution in [0.4, 0.5) is 0 Å². The number of aliphatic carboxylic acids is 1. The summed E-state index contributed by atoms with van der Waals surface area (Å²) in [5, 5.41) is 12.2. The van der Waals surface area contributed by atoms with Gasteiger partial charge in [-0.1, -0.05) is 68.7 Å². The van der Waals surface area contributed by atoms with E-state index in [0.29, 0.717) is 18.3 Å². The van der Waals surface area contributed by atoms with Gasteiger partial charge in [0, 0.05) is 6.04 Å². The first-order valence-electron chi connectivity index (χ1n) is 9.18. The quantitative estimate of drug-likeness (QED) is 0.674. The Labute approximate surface area is 149 Å². The van der Waals surface area contributed by atoms with E-state index in [1.165, 1.54) is 0 Å². The number of carboxylic acid groups (broad SMARTS) is 1. The van der Waals surface area contributed by atoms with Gasteiger partial charge in [0.1, 0.15) is 0 Å². The lowest BCUT2D eigenvalue weighted by molar-refractivity contribution is -0.148. The maximum absolute atomic E-state index is 12.3. The number of carbonyl (C=O) groups excluding carboxylic acids is 1. The molecule has 0 bridgehead atoms. The van der Waals surface area contributed by atoms with Crippen LogP contribution in [0.5, 0.6) is 0 Å². The molecule has 1 amide bonds. The van der Waals surface area contributed by atoms with Gasteiger partial charge in [-0.2, -0.15) is 0 Å². The van der Waals surface area contributed by atoms with E-state index in [1.54, 1.807) is 0 Å². The number of nitrogens with one attached hydrogen (secondary N) is 1. The molecule has 2 N–H and O–H groups in total. The molecule has 24 heavy (non-hydrogen) atoms. The first-order chi connectivity index (χ1) is 10.6. The summed E-state index contributed by atoms with van der Waals surface area (Å²) in [6.45, 7) is 20.7. The van der Waals surface area contributed by atoms with Crippen LogP contribution in [0.3, 0.4) is 0 Å². The van der Waals surface area contributed by atoms with Crippen molar-refractivity contribution in [1.29, 1.82) is 0 Å². The van der Waals surface area contributed by atoms with E-state index in [-0.39, 0.29) is 17.4 Å². The van der Waals surface area contributed by atoms with Crippen LogP contribution in [0, 0.1) is 22.7 Å². The van der Waals surface area contributed by atoms with Crippen molar-refractivity contribution in [3.63, 3.8) is 0 Å². The van der Waals surface area contributed by atoms with Crippen LogP contribution in [0.2, 0.25) is 0 Å². The molecule has 0 aliphatic heterocycles. The second kappa shape index (κ2) is 10.7. The van der Waals surface area contributed by atoms with Crippen molar-refractivity contribution in [3.8, 4) is 0 Å². The molecule has 0 rings (SSSR count). The van der Waals surface area contributed by atoms with Crippen LogP contribution in [-0.4, -0.2) is 23.0 Å². The standard InChI is InChI=1S/C15H29NO3.C5H12/c1-7-9-12(11(8-2)14(18)19)13(17)16-10(3)15(4,5)6;1-5(2,3)4/h10-12H,7-9H2,1-6H3,(H,16,17)(H,18,19);1-4H3. The van der Waals surface area contributed by atoms with Gasteiger partial charge in [0.15, 0.2) is 0 Å². The molecule has 0 aliphatic rings. The molecule has 0 saturated heterocycles. The minimum absolute atomic E-state index is 0.0191. The van der Waals surface area contributed by atoms with Crippen molar-refractivity contribution in [2.75, 3.05) is 0 Å². The lowest BCUT2D eigenvalue weighted by Crippen LogP contribution is -2.46. The van der Waals surface area contributed by atoms with Gasteiger partial charge in [0.05, 0.1) is 11.8 Å². The predicted octanol–water partition coefficient (Wildman–Crippen LogP) is 5.12. The average molecular weight is 344 g/mol. The number of hydrogen-bond acceptors (Lipinski definition) is 2. The van der Waals surface area contributed by atoms with Gasteiger partial charge in [-0.25, -0.2) is 0 Å². The molecule has 0 spiro atoms. The summed E-state index contributed by atoms with van der Waals surface area (Å²) in [6, 6.07) is 0.0191. The molecule has 0 heterocycles. The highest BCUT2D eigenvalue weighted by molar-refractivity contribution is 5.84. The second-order valence-corrected chi connectivity index (χ2v) is 9.34. The van der Waals surface area contributed by atoms with E-state index in [0.717, 1.165) is 6.42 Å². The number of hydrogen-bond donors (Lipinski definition) is 2. The Morgan fingerprint density at radius 3 is 1.62 bits per heavy atom. The molecule has 0 radical (unpaired) electrons. The fraction of sp³-hybridized carbons (Fsp3) is 0.900. The number of rotatable bonds is 7. The molecule has 4 heteroatoms. The molecule has 4 nitrogen and oxygen atoms in total. The van der Waals surface area contributed by atoms with Crippen LogP contribution >= 0.6 is 0 Å². The zero-order valence-corrected chi connectivity index (χ0v) is 17.6. The Morgan fingerprint density at radius 1 is 0.958 bits per heavy atom. The topological polar surface area (TPSA) is 66.4 Å². The Balaban J connectivity index is 0. The summed E-state index contributed by atoms with van der Waals surface area (Å²) in [5.74, 6) is -2.03. The van der Waals surface area contributed by atoms with Crippen LogP contribution in [-0.2, 0) is 9.59 Å². The number of carbonyl (C=O) groups is 2. The smallest absolute Gasteiger partial charge is 0.307 e. The normalized spacial score (nSPS) is 15.6. The summed E-state index contributed by atoms with van der Waals surface area (Å²) in [6.07, 6.45) is 1.91. The minimum Gasteiger partial charge on any atom is -0.481 e. The third-order valence-corrected chi connectivity index (χ3v) is 3.84. The summed E-state index contributed by atoms with van der Waals surface area (Å²) >= 11 is 0.